The summed E-state index contributed by atoms with van der Waals surface area (Å²) in [5.41, 5.74) is 1.05. The van der Waals surface area contributed by atoms with Crippen molar-refractivity contribution in [3.05, 3.63) is 59.4 Å². The molecule has 0 bridgehead atoms. The molecule has 0 aliphatic carbocycles. The van der Waals surface area contributed by atoms with Crippen LogP contribution in [0.4, 0.5) is 4.39 Å². The van der Waals surface area contributed by atoms with E-state index in [9.17, 15) is 9.18 Å². The van der Waals surface area contributed by atoms with Gasteiger partial charge < -0.3 is 10.1 Å². The number of methoxy groups -OCH3 is 1. The number of hydrogen-bond acceptors (Lipinski definition) is 3. The van der Waals surface area contributed by atoms with Gasteiger partial charge in [0.05, 0.1) is 12.7 Å². The fraction of sp³-hybridized carbons (Fsp3) is 0.188. The molecule has 0 fully saturated rings. The van der Waals surface area contributed by atoms with Gasteiger partial charge in [-0.15, -0.1) is 12.6 Å². The van der Waals surface area contributed by atoms with Crippen molar-refractivity contribution < 1.29 is 13.9 Å². The lowest BCUT2D eigenvalue weighted by molar-refractivity contribution is 0.0950. The van der Waals surface area contributed by atoms with Crippen LogP contribution in [0, 0.1) is 5.82 Å². The van der Waals surface area contributed by atoms with Crippen LogP contribution >= 0.6 is 12.6 Å². The Hall–Kier alpha value is -2.01. The molecule has 5 heteroatoms. The van der Waals surface area contributed by atoms with Gasteiger partial charge in [0.15, 0.2) is 0 Å². The highest BCUT2D eigenvalue weighted by Gasteiger charge is 2.11. The van der Waals surface area contributed by atoms with E-state index in [4.69, 9.17) is 4.74 Å². The molecule has 2 aromatic rings. The topological polar surface area (TPSA) is 38.3 Å². The van der Waals surface area contributed by atoms with Crippen molar-refractivity contribution in [3.8, 4) is 5.75 Å². The summed E-state index contributed by atoms with van der Waals surface area (Å²) in [5.74, 6) is -0.217. The van der Waals surface area contributed by atoms with Crippen LogP contribution in [0.2, 0.25) is 0 Å². The van der Waals surface area contributed by atoms with Crippen LogP contribution in [-0.4, -0.2) is 19.6 Å². The summed E-state index contributed by atoms with van der Waals surface area (Å²) >= 11 is 4.11. The van der Waals surface area contributed by atoms with Crippen molar-refractivity contribution >= 4 is 18.5 Å². The van der Waals surface area contributed by atoms with E-state index in [1.807, 2.05) is 24.3 Å². The van der Waals surface area contributed by atoms with E-state index in [1.54, 1.807) is 7.11 Å². The second-order valence-electron chi connectivity index (χ2n) is 4.52. The first kappa shape index (κ1) is 15.4. The summed E-state index contributed by atoms with van der Waals surface area (Å²) in [6, 6.07) is 11.8. The van der Waals surface area contributed by atoms with Gasteiger partial charge in [0.1, 0.15) is 11.6 Å². The number of nitrogens with one attached hydrogen (secondary N) is 1. The molecule has 0 spiro atoms. The maximum absolute atomic E-state index is 13.6. The fourth-order valence-corrected chi connectivity index (χ4v) is 2.13. The second-order valence-corrected chi connectivity index (χ2v) is 5.04. The smallest absolute Gasteiger partial charge is 0.254 e. The lowest BCUT2D eigenvalue weighted by Gasteiger charge is -2.08. The third kappa shape index (κ3) is 4.23. The van der Waals surface area contributed by atoms with Gasteiger partial charge in [-0.2, -0.15) is 0 Å². The van der Waals surface area contributed by atoms with Crippen molar-refractivity contribution in [2.24, 2.45) is 0 Å². The number of ether oxygens (including phenoxy) is 1. The lowest BCUT2D eigenvalue weighted by atomic mass is 10.1. The Morgan fingerprint density at radius 2 is 2.10 bits per heavy atom. The minimum Gasteiger partial charge on any atom is -0.497 e. The molecule has 0 radical (unpaired) electrons. The Kier molecular flexibility index (Phi) is 5.22. The van der Waals surface area contributed by atoms with Crippen LogP contribution in [-0.2, 0) is 6.42 Å². The van der Waals surface area contributed by atoms with Crippen LogP contribution in [0.3, 0.4) is 0 Å². The molecule has 0 aliphatic rings. The molecule has 0 saturated carbocycles. The molecular weight excluding hydrogens is 289 g/mol. The summed E-state index contributed by atoms with van der Waals surface area (Å²) in [5, 5.41) is 2.70. The Bertz CT molecular complexity index is 646. The van der Waals surface area contributed by atoms with Crippen molar-refractivity contribution in [1.82, 2.24) is 5.32 Å². The fourth-order valence-electron chi connectivity index (χ4n) is 1.93. The predicted octanol–water partition coefficient (Wildman–Crippen LogP) is 3.10. The van der Waals surface area contributed by atoms with Gasteiger partial charge in [0.2, 0.25) is 0 Å². The minimum atomic E-state index is -0.549. The van der Waals surface area contributed by atoms with Gasteiger partial charge in [-0.05, 0) is 42.3 Å². The molecule has 0 unspecified atom stereocenters. The summed E-state index contributed by atoms with van der Waals surface area (Å²) in [6.07, 6.45) is 0.644. The van der Waals surface area contributed by atoms with Gasteiger partial charge in [-0.3, -0.25) is 4.79 Å². The van der Waals surface area contributed by atoms with E-state index in [0.717, 1.165) is 11.3 Å². The molecule has 0 saturated heterocycles. The third-order valence-corrected chi connectivity index (χ3v) is 3.31. The standard InChI is InChI=1S/C16H16FNO2S/c1-20-12-4-2-3-11(9-12)7-8-18-16(19)14-10-13(21)5-6-15(14)17/h2-6,9-10,21H,7-8H2,1H3,(H,18,19). The van der Waals surface area contributed by atoms with Gasteiger partial charge in [0, 0.05) is 11.4 Å². The maximum Gasteiger partial charge on any atom is 0.254 e. The minimum absolute atomic E-state index is 0.00754. The molecule has 1 amide bonds. The number of carbonyl (C=O) groups is 1. The van der Waals surface area contributed by atoms with E-state index in [1.165, 1.54) is 18.2 Å². The van der Waals surface area contributed by atoms with E-state index in [0.29, 0.717) is 17.9 Å². The SMILES string of the molecule is COc1cccc(CCNC(=O)c2cc(S)ccc2F)c1. The van der Waals surface area contributed by atoms with Crippen LogP contribution in [0.25, 0.3) is 0 Å². The number of amides is 1. The highest BCUT2D eigenvalue weighted by Crippen LogP contribution is 2.14. The average Bonchev–Trinajstić information content (AvgIpc) is 2.49. The maximum atomic E-state index is 13.6. The van der Waals surface area contributed by atoms with Gasteiger partial charge in [-0.1, -0.05) is 12.1 Å². The molecule has 3 nitrogen and oxygen atoms in total. The quantitative estimate of drug-likeness (QED) is 0.833. The molecule has 2 aromatic carbocycles. The summed E-state index contributed by atoms with van der Waals surface area (Å²) in [7, 11) is 1.61. The first-order valence-electron chi connectivity index (χ1n) is 6.50. The molecule has 1 N–H and O–H groups in total. The van der Waals surface area contributed by atoms with E-state index in [2.05, 4.69) is 17.9 Å². The zero-order valence-corrected chi connectivity index (χ0v) is 12.5. The first-order valence-corrected chi connectivity index (χ1v) is 6.94. The Balaban J connectivity index is 1.93. The van der Waals surface area contributed by atoms with Gasteiger partial charge in [-0.25, -0.2) is 4.39 Å². The Morgan fingerprint density at radius 3 is 2.86 bits per heavy atom. The van der Waals surface area contributed by atoms with Crippen molar-refractivity contribution in [3.63, 3.8) is 0 Å². The highest BCUT2D eigenvalue weighted by atomic mass is 32.1. The van der Waals surface area contributed by atoms with E-state index < -0.39 is 11.7 Å². The number of halogens is 1. The normalized spacial score (nSPS) is 10.2. The van der Waals surface area contributed by atoms with Crippen molar-refractivity contribution in [2.75, 3.05) is 13.7 Å². The molecular formula is C16H16FNO2S. The van der Waals surface area contributed by atoms with Crippen molar-refractivity contribution in [2.45, 2.75) is 11.3 Å². The number of hydrogen-bond donors (Lipinski definition) is 2. The first-order chi connectivity index (χ1) is 10.1. The Labute approximate surface area is 128 Å². The largest absolute Gasteiger partial charge is 0.497 e. The molecule has 0 aliphatic heterocycles. The van der Waals surface area contributed by atoms with Crippen LogP contribution in [0.1, 0.15) is 15.9 Å². The van der Waals surface area contributed by atoms with Gasteiger partial charge >= 0.3 is 0 Å². The zero-order valence-electron chi connectivity index (χ0n) is 11.6. The average molecular weight is 305 g/mol. The Morgan fingerprint density at radius 1 is 1.29 bits per heavy atom. The highest BCUT2D eigenvalue weighted by molar-refractivity contribution is 7.80. The van der Waals surface area contributed by atoms with E-state index >= 15 is 0 Å². The van der Waals surface area contributed by atoms with Crippen LogP contribution in [0.15, 0.2) is 47.4 Å². The van der Waals surface area contributed by atoms with Crippen LogP contribution < -0.4 is 10.1 Å². The molecule has 110 valence electrons. The summed E-state index contributed by atoms with van der Waals surface area (Å²) in [4.78, 5) is 12.5. The molecule has 21 heavy (non-hydrogen) atoms. The molecule has 2 rings (SSSR count). The molecule has 0 heterocycles. The van der Waals surface area contributed by atoms with Crippen molar-refractivity contribution in [1.29, 1.82) is 0 Å². The van der Waals surface area contributed by atoms with Gasteiger partial charge in [0.25, 0.3) is 5.91 Å². The molecule has 0 atom stereocenters. The third-order valence-electron chi connectivity index (χ3n) is 3.03. The van der Waals surface area contributed by atoms with E-state index in [-0.39, 0.29) is 5.56 Å². The summed E-state index contributed by atoms with van der Waals surface area (Å²) < 4.78 is 18.7. The zero-order chi connectivity index (χ0) is 15.2. The molecule has 0 aromatic heterocycles. The second kappa shape index (κ2) is 7.13. The number of benzene rings is 2. The number of carbonyl (C=O) groups excluding carboxylic acids is 1. The monoisotopic (exact) mass is 305 g/mol. The predicted molar refractivity (Wildman–Crippen MR) is 82.7 cm³/mol. The number of thiol groups is 1. The lowest BCUT2D eigenvalue weighted by Crippen LogP contribution is -2.26. The number of rotatable bonds is 5. The summed E-state index contributed by atoms with van der Waals surface area (Å²) in [6.45, 7) is 0.419. The van der Waals surface area contributed by atoms with Crippen LogP contribution in [0.5, 0.6) is 5.75 Å².